The second-order valence-corrected chi connectivity index (χ2v) is 8.84. The Hall–Kier alpha value is -1.44. The molecule has 3 rings (SSSR count). The van der Waals surface area contributed by atoms with Crippen molar-refractivity contribution in [2.24, 2.45) is 5.92 Å². The molecule has 2 atom stereocenters. The highest BCUT2D eigenvalue weighted by Crippen LogP contribution is 2.33. The molecule has 0 spiro atoms. The van der Waals surface area contributed by atoms with Crippen LogP contribution in [0.1, 0.15) is 19.3 Å². The van der Waals surface area contributed by atoms with Gasteiger partial charge in [0.2, 0.25) is 5.91 Å². The number of aliphatic hydroxyl groups is 1. The molecule has 24 heavy (non-hydrogen) atoms. The van der Waals surface area contributed by atoms with Gasteiger partial charge in [-0.25, -0.2) is 8.42 Å². The van der Waals surface area contributed by atoms with Gasteiger partial charge in [0.15, 0.2) is 9.84 Å². The van der Waals surface area contributed by atoms with Gasteiger partial charge >= 0.3 is 0 Å². The molecule has 2 fully saturated rings. The molecule has 0 saturated carbocycles. The van der Waals surface area contributed by atoms with Crippen LogP contribution in [0.2, 0.25) is 0 Å². The van der Waals surface area contributed by atoms with Gasteiger partial charge in [0, 0.05) is 32.0 Å². The standard InChI is InChI=1S/C17H24N2O4S/c20-16(6-11-24(22,23)15-4-2-1-3-5-15)19-10-8-17(21)7-9-18-12-14(17)13-19/h1-5,14,18,21H,6-13H2/t14-,17-/m0/s1. The van der Waals surface area contributed by atoms with Crippen molar-refractivity contribution in [3.8, 4) is 0 Å². The van der Waals surface area contributed by atoms with Crippen molar-refractivity contribution in [1.82, 2.24) is 10.2 Å². The zero-order valence-corrected chi connectivity index (χ0v) is 14.5. The first-order chi connectivity index (χ1) is 11.4. The maximum Gasteiger partial charge on any atom is 0.223 e. The summed E-state index contributed by atoms with van der Waals surface area (Å²) in [4.78, 5) is 14.4. The lowest BCUT2D eigenvalue weighted by molar-refractivity contribution is -0.141. The molecule has 2 saturated heterocycles. The van der Waals surface area contributed by atoms with Gasteiger partial charge < -0.3 is 15.3 Å². The Morgan fingerprint density at radius 2 is 2.04 bits per heavy atom. The number of piperidine rings is 2. The first-order valence-corrected chi connectivity index (χ1v) is 10.0. The summed E-state index contributed by atoms with van der Waals surface area (Å²) >= 11 is 0. The Balaban J connectivity index is 1.58. The molecule has 2 N–H and O–H groups in total. The number of hydrogen-bond acceptors (Lipinski definition) is 5. The number of benzene rings is 1. The largest absolute Gasteiger partial charge is 0.389 e. The predicted octanol–water partition coefficient (Wildman–Crippen LogP) is 0.423. The minimum atomic E-state index is -3.44. The minimum Gasteiger partial charge on any atom is -0.389 e. The summed E-state index contributed by atoms with van der Waals surface area (Å²) in [5.41, 5.74) is -0.682. The van der Waals surface area contributed by atoms with Crippen LogP contribution in [0.3, 0.4) is 0 Å². The van der Waals surface area contributed by atoms with E-state index in [-0.39, 0.29) is 28.9 Å². The molecule has 2 aliphatic rings. The van der Waals surface area contributed by atoms with E-state index in [1.54, 1.807) is 35.2 Å². The van der Waals surface area contributed by atoms with Gasteiger partial charge in [-0.05, 0) is 31.5 Å². The Bertz CT molecular complexity index is 692. The maximum absolute atomic E-state index is 12.4. The lowest BCUT2D eigenvalue weighted by atomic mass is 9.76. The minimum absolute atomic E-state index is 0.0181. The number of nitrogens with one attached hydrogen (secondary N) is 1. The normalized spacial score (nSPS) is 27.5. The molecule has 6 nitrogen and oxygen atoms in total. The molecular weight excluding hydrogens is 328 g/mol. The molecule has 0 aliphatic carbocycles. The number of sulfone groups is 1. The van der Waals surface area contributed by atoms with Crippen LogP contribution in [0.4, 0.5) is 0 Å². The second kappa shape index (κ2) is 6.82. The molecule has 0 unspecified atom stereocenters. The molecule has 0 aromatic heterocycles. The fourth-order valence-electron chi connectivity index (χ4n) is 3.58. The molecule has 1 aromatic carbocycles. The quantitative estimate of drug-likeness (QED) is 0.820. The summed E-state index contributed by atoms with van der Waals surface area (Å²) in [6.45, 7) is 2.49. The van der Waals surface area contributed by atoms with Crippen LogP contribution in [0.5, 0.6) is 0 Å². The number of hydrogen-bond donors (Lipinski definition) is 2. The van der Waals surface area contributed by atoms with Crippen LogP contribution >= 0.6 is 0 Å². The number of fused-ring (bicyclic) bond motifs is 1. The van der Waals surface area contributed by atoms with Gasteiger partial charge in [0.25, 0.3) is 0 Å². The molecule has 1 aromatic rings. The van der Waals surface area contributed by atoms with Crippen molar-refractivity contribution in [1.29, 1.82) is 0 Å². The first kappa shape index (κ1) is 17.4. The van der Waals surface area contributed by atoms with Crippen LogP contribution in [0.15, 0.2) is 35.2 Å². The maximum atomic E-state index is 12.4. The number of nitrogens with zero attached hydrogens (tertiary/aromatic N) is 1. The fourth-order valence-corrected chi connectivity index (χ4v) is 4.83. The molecule has 2 heterocycles. The first-order valence-electron chi connectivity index (χ1n) is 8.39. The third-order valence-corrected chi connectivity index (χ3v) is 6.91. The summed E-state index contributed by atoms with van der Waals surface area (Å²) in [6, 6.07) is 8.22. The summed E-state index contributed by atoms with van der Waals surface area (Å²) in [5.74, 6) is -0.309. The van der Waals surface area contributed by atoms with Crippen LogP contribution in [0, 0.1) is 5.92 Å². The van der Waals surface area contributed by atoms with E-state index in [4.69, 9.17) is 0 Å². The molecule has 0 radical (unpaired) electrons. The fraction of sp³-hybridized carbons (Fsp3) is 0.588. The zero-order chi connectivity index (χ0) is 17.2. The summed E-state index contributed by atoms with van der Waals surface area (Å²) in [6.07, 6.45) is 1.26. The molecule has 0 bridgehead atoms. The van der Waals surface area contributed by atoms with Crippen molar-refractivity contribution < 1.29 is 18.3 Å². The van der Waals surface area contributed by atoms with Crippen molar-refractivity contribution in [3.05, 3.63) is 30.3 Å². The molecule has 132 valence electrons. The molecule has 1 amide bonds. The highest BCUT2D eigenvalue weighted by Gasteiger charge is 2.43. The van der Waals surface area contributed by atoms with E-state index in [0.29, 0.717) is 32.5 Å². The highest BCUT2D eigenvalue weighted by atomic mass is 32.2. The smallest absolute Gasteiger partial charge is 0.223 e. The number of rotatable bonds is 4. The molecule has 7 heteroatoms. The number of carbonyl (C=O) groups is 1. The number of likely N-dealkylation sites (tertiary alicyclic amines) is 1. The summed E-state index contributed by atoms with van der Waals surface area (Å²) in [5, 5.41) is 13.9. The zero-order valence-electron chi connectivity index (χ0n) is 13.6. The molecule has 2 aliphatic heterocycles. The Morgan fingerprint density at radius 1 is 1.29 bits per heavy atom. The van der Waals surface area contributed by atoms with E-state index >= 15 is 0 Å². The lowest BCUT2D eigenvalue weighted by Crippen LogP contribution is -2.60. The van der Waals surface area contributed by atoms with Gasteiger partial charge in [-0.2, -0.15) is 0 Å². The Kier molecular flexibility index (Phi) is 4.94. The number of carbonyl (C=O) groups excluding carboxylic acids is 1. The second-order valence-electron chi connectivity index (χ2n) is 6.73. The van der Waals surface area contributed by atoms with Gasteiger partial charge in [0.05, 0.1) is 16.2 Å². The third-order valence-electron chi connectivity index (χ3n) is 5.18. The van der Waals surface area contributed by atoms with Crippen LogP contribution in [0.25, 0.3) is 0 Å². The van der Waals surface area contributed by atoms with Crippen LogP contribution in [-0.4, -0.2) is 61.9 Å². The Labute approximate surface area is 142 Å². The van der Waals surface area contributed by atoms with E-state index in [9.17, 15) is 18.3 Å². The molecular formula is C17H24N2O4S. The van der Waals surface area contributed by atoms with Gasteiger partial charge in [-0.3, -0.25) is 4.79 Å². The summed E-state index contributed by atoms with van der Waals surface area (Å²) < 4.78 is 24.6. The van der Waals surface area contributed by atoms with Crippen LogP contribution < -0.4 is 5.32 Å². The summed E-state index contributed by atoms with van der Waals surface area (Å²) in [7, 11) is -3.44. The Morgan fingerprint density at radius 3 is 2.79 bits per heavy atom. The lowest BCUT2D eigenvalue weighted by Gasteiger charge is -2.47. The number of amides is 1. The van der Waals surface area contributed by atoms with Gasteiger partial charge in [-0.1, -0.05) is 18.2 Å². The highest BCUT2D eigenvalue weighted by molar-refractivity contribution is 7.91. The van der Waals surface area contributed by atoms with Gasteiger partial charge in [-0.15, -0.1) is 0 Å². The van der Waals surface area contributed by atoms with Crippen LogP contribution in [-0.2, 0) is 14.6 Å². The third kappa shape index (κ3) is 3.63. The average Bonchev–Trinajstić information content (AvgIpc) is 2.59. The van der Waals surface area contributed by atoms with E-state index in [1.807, 2.05) is 0 Å². The predicted molar refractivity (Wildman–Crippen MR) is 90.2 cm³/mol. The average molecular weight is 352 g/mol. The monoisotopic (exact) mass is 352 g/mol. The van der Waals surface area contributed by atoms with Crippen molar-refractivity contribution in [3.63, 3.8) is 0 Å². The van der Waals surface area contributed by atoms with Crippen molar-refractivity contribution >= 4 is 15.7 Å². The topological polar surface area (TPSA) is 86.7 Å². The van der Waals surface area contributed by atoms with E-state index in [0.717, 1.165) is 6.54 Å². The van der Waals surface area contributed by atoms with Crippen molar-refractivity contribution in [2.75, 3.05) is 31.9 Å². The van der Waals surface area contributed by atoms with E-state index in [1.165, 1.54) is 0 Å². The van der Waals surface area contributed by atoms with Gasteiger partial charge in [0.1, 0.15) is 0 Å². The van der Waals surface area contributed by atoms with E-state index in [2.05, 4.69) is 5.32 Å². The SMILES string of the molecule is O=C(CCS(=O)(=O)c1ccccc1)N1CC[C@@]2(O)CCNC[C@H]2C1. The van der Waals surface area contributed by atoms with E-state index < -0.39 is 15.4 Å². The van der Waals surface area contributed by atoms with Crippen molar-refractivity contribution in [2.45, 2.75) is 29.8 Å².